The third kappa shape index (κ3) is 5.74. The third-order valence-corrected chi connectivity index (χ3v) is 8.77. The van der Waals surface area contributed by atoms with Crippen LogP contribution in [0.5, 0.6) is 0 Å². The molecule has 8 nitrogen and oxygen atoms in total. The lowest BCUT2D eigenvalue weighted by Crippen LogP contribution is -2.50. The number of hydrogen-bond acceptors (Lipinski definition) is 6. The van der Waals surface area contributed by atoms with Gasteiger partial charge in [-0.25, -0.2) is 23.2 Å². The van der Waals surface area contributed by atoms with E-state index in [2.05, 4.69) is 19.7 Å². The van der Waals surface area contributed by atoms with E-state index in [0.29, 0.717) is 25.2 Å². The minimum Gasteiger partial charge on any atom is -0.364 e. The summed E-state index contributed by atoms with van der Waals surface area (Å²) in [6, 6.07) is 12.2. The molecule has 194 valence electrons. The van der Waals surface area contributed by atoms with Crippen LogP contribution in [0.2, 0.25) is 0 Å². The van der Waals surface area contributed by atoms with Crippen LogP contribution in [-0.4, -0.2) is 39.8 Å². The summed E-state index contributed by atoms with van der Waals surface area (Å²) >= 11 is 1.54. The maximum absolute atomic E-state index is 13.9. The number of imidazole rings is 1. The van der Waals surface area contributed by atoms with Crippen LogP contribution < -0.4 is 4.90 Å². The molecule has 0 bridgehead atoms. The molecule has 1 unspecified atom stereocenters. The van der Waals surface area contributed by atoms with Crippen molar-refractivity contribution in [3.63, 3.8) is 0 Å². The highest BCUT2D eigenvalue weighted by Gasteiger charge is 2.37. The molecule has 0 amide bonds. The fourth-order valence-corrected chi connectivity index (χ4v) is 6.65. The van der Waals surface area contributed by atoms with Gasteiger partial charge in [-0.05, 0) is 52.6 Å². The summed E-state index contributed by atoms with van der Waals surface area (Å²) in [5, 5.41) is 3.96. The molecule has 0 aliphatic carbocycles. The highest BCUT2D eigenvalue weighted by atomic mass is 32.2. The summed E-state index contributed by atoms with van der Waals surface area (Å²) in [6.45, 7) is 8.80. The molecule has 1 aromatic carbocycles. The predicted molar refractivity (Wildman–Crippen MR) is 149 cm³/mol. The van der Waals surface area contributed by atoms with Gasteiger partial charge >= 0.3 is 0 Å². The second kappa shape index (κ2) is 11.7. The maximum Gasteiger partial charge on any atom is 0.261 e. The van der Waals surface area contributed by atoms with E-state index in [4.69, 9.17) is 6.57 Å². The van der Waals surface area contributed by atoms with Crippen molar-refractivity contribution in [2.45, 2.75) is 45.4 Å². The number of sulfonamides is 1. The average Bonchev–Trinajstić information content (AvgIpc) is 3.54. The van der Waals surface area contributed by atoms with Crippen LogP contribution in [0.15, 0.2) is 77.0 Å². The first kappa shape index (κ1) is 28.1. The van der Waals surface area contributed by atoms with Gasteiger partial charge in [0.05, 0.1) is 25.1 Å². The molecular weight excluding hydrogens is 504 g/mol. The number of anilines is 1. The molecule has 4 aromatic rings. The quantitative estimate of drug-likeness (QED) is 0.291. The summed E-state index contributed by atoms with van der Waals surface area (Å²) in [5.74, 6) is 0. The van der Waals surface area contributed by atoms with Gasteiger partial charge in [-0.15, -0.1) is 0 Å². The molecule has 0 saturated heterocycles. The number of hydrogen-bond donors (Lipinski definition) is 0. The Labute approximate surface area is 223 Å². The van der Waals surface area contributed by atoms with E-state index in [1.165, 1.54) is 12.3 Å². The number of aromatic nitrogens is 3. The van der Waals surface area contributed by atoms with Crippen molar-refractivity contribution in [1.82, 2.24) is 18.8 Å². The normalized spacial score (nSPS) is 14.8. The van der Waals surface area contributed by atoms with Gasteiger partial charge in [0.25, 0.3) is 10.0 Å². The summed E-state index contributed by atoms with van der Waals surface area (Å²) in [6.07, 6.45) is 5.60. The molecule has 0 radical (unpaired) electrons. The molecule has 0 saturated carbocycles. The van der Waals surface area contributed by atoms with E-state index in [1.54, 1.807) is 34.1 Å². The van der Waals surface area contributed by atoms with Crippen molar-refractivity contribution in [2.75, 3.05) is 11.4 Å². The van der Waals surface area contributed by atoms with E-state index in [1.807, 2.05) is 52.8 Å². The van der Waals surface area contributed by atoms with Crippen LogP contribution in [0.4, 0.5) is 11.4 Å². The first-order chi connectivity index (χ1) is 17.0. The van der Waals surface area contributed by atoms with Crippen molar-refractivity contribution in [2.24, 2.45) is 7.05 Å². The number of benzene rings is 1. The molecule has 1 aliphatic heterocycles. The summed E-state index contributed by atoms with van der Waals surface area (Å²) in [7, 11) is -1.92. The van der Waals surface area contributed by atoms with E-state index in [0.717, 1.165) is 22.5 Å². The molecule has 0 N–H and O–H groups in total. The fourth-order valence-electron chi connectivity index (χ4n) is 4.45. The van der Waals surface area contributed by atoms with Crippen molar-refractivity contribution in [3.8, 4) is 0 Å². The summed E-state index contributed by atoms with van der Waals surface area (Å²) < 4.78 is 31.2. The van der Waals surface area contributed by atoms with Crippen molar-refractivity contribution < 1.29 is 8.42 Å². The largest absolute Gasteiger partial charge is 0.364 e. The lowest BCUT2D eigenvalue weighted by molar-refractivity contribution is 0.302. The fraction of sp³-hybridized carbons (Fsp3) is 0.296. The van der Waals surface area contributed by atoms with Gasteiger partial charge in [0, 0.05) is 44.3 Å². The number of fused-ring (bicyclic) bond motifs is 1. The Morgan fingerprint density at radius 3 is 2.70 bits per heavy atom. The van der Waals surface area contributed by atoms with Crippen LogP contribution in [0.3, 0.4) is 0 Å². The number of aryl methyl sites for hydroxylation is 1. The topological polar surface area (TPSA) is 75.7 Å². The Bertz CT molecular complexity index is 1460. The van der Waals surface area contributed by atoms with E-state index in [-0.39, 0.29) is 32.5 Å². The van der Waals surface area contributed by atoms with Crippen LogP contribution in [0.25, 0.3) is 4.85 Å². The van der Waals surface area contributed by atoms with Crippen LogP contribution in [0, 0.1) is 6.57 Å². The molecule has 0 spiro atoms. The maximum atomic E-state index is 13.9. The Morgan fingerprint density at radius 1 is 1.22 bits per heavy atom. The summed E-state index contributed by atoms with van der Waals surface area (Å²) in [4.78, 5) is 14.2. The Balaban J connectivity index is 0.00000190. The second-order valence-corrected chi connectivity index (χ2v) is 11.1. The minimum absolute atomic E-state index is 0. The molecule has 5 rings (SSSR count). The lowest BCUT2D eigenvalue weighted by Gasteiger charge is -2.40. The van der Waals surface area contributed by atoms with Crippen LogP contribution in [-0.2, 0) is 36.6 Å². The van der Waals surface area contributed by atoms with Crippen molar-refractivity contribution >= 4 is 32.7 Å². The highest BCUT2D eigenvalue weighted by molar-refractivity contribution is 7.89. The molecule has 1 aliphatic rings. The number of pyridine rings is 1. The van der Waals surface area contributed by atoms with Gasteiger partial charge in [0.2, 0.25) is 0 Å². The number of nitrogens with zero attached hydrogens (tertiary/aromatic N) is 6. The first-order valence-corrected chi connectivity index (χ1v) is 13.5. The average molecular weight is 537 g/mol. The van der Waals surface area contributed by atoms with Gasteiger partial charge in [-0.1, -0.05) is 33.1 Å². The van der Waals surface area contributed by atoms with Gasteiger partial charge in [0.15, 0.2) is 10.7 Å². The van der Waals surface area contributed by atoms with Crippen molar-refractivity contribution in [1.29, 1.82) is 0 Å². The zero-order valence-corrected chi connectivity index (χ0v) is 20.8. The number of rotatable bonds is 7. The third-order valence-electron chi connectivity index (χ3n) is 6.23. The van der Waals surface area contributed by atoms with Gasteiger partial charge < -0.3 is 9.47 Å². The molecule has 37 heavy (non-hydrogen) atoms. The van der Waals surface area contributed by atoms with E-state index < -0.39 is 10.0 Å². The molecule has 0 fully saturated rings. The number of thiophene rings is 1. The first-order valence-electron chi connectivity index (χ1n) is 11.1. The predicted octanol–water partition coefficient (Wildman–Crippen LogP) is 5.52. The second-order valence-electron chi connectivity index (χ2n) is 8.51. The lowest BCUT2D eigenvalue weighted by atomic mass is 9.96. The van der Waals surface area contributed by atoms with Crippen LogP contribution in [0.1, 0.15) is 31.7 Å². The molecular formula is C27H32N6O2S2. The zero-order valence-electron chi connectivity index (χ0n) is 19.2. The Kier molecular flexibility index (Phi) is 8.86. The van der Waals surface area contributed by atoms with Gasteiger partial charge in [-0.2, -0.15) is 15.6 Å². The van der Waals surface area contributed by atoms with E-state index in [9.17, 15) is 8.42 Å². The van der Waals surface area contributed by atoms with Gasteiger partial charge in [0.1, 0.15) is 0 Å². The Morgan fingerprint density at radius 2 is 2.05 bits per heavy atom. The minimum atomic E-state index is -3.87. The SMILES string of the molecule is C.C.[C-]#[N+]c1ccc2c(c1)CC(N(Cc1ccsc1)S(=O)(=O)c1ccccn1)CN2Cc1cncn1C. The monoisotopic (exact) mass is 536 g/mol. The highest BCUT2D eigenvalue weighted by Crippen LogP contribution is 2.35. The molecule has 3 aromatic heterocycles. The van der Waals surface area contributed by atoms with Gasteiger partial charge in [-0.3, -0.25) is 0 Å². The summed E-state index contributed by atoms with van der Waals surface area (Å²) in [5.41, 5.74) is 4.47. The van der Waals surface area contributed by atoms with Crippen molar-refractivity contribution in [3.05, 3.63) is 100 Å². The van der Waals surface area contributed by atoms with Crippen LogP contribution >= 0.6 is 11.3 Å². The standard InChI is InChI=1S/C25H24N6O2S2.2CH4/c1-26-21-6-7-24-20(11-21)12-22(15-30(24)16-23-13-27-18-29(23)2)31(14-19-8-10-34-17-19)35(32,33)25-5-3-4-9-28-25;;/h3-11,13,17-18,22H,12,14-16H2,2H3;2*1H4. The zero-order chi connectivity index (χ0) is 24.4. The molecule has 4 heterocycles. The van der Waals surface area contributed by atoms with E-state index >= 15 is 0 Å². The molecule has 1 atom stereocenters. The Hall–Kier alpha value is -3.52. The molecule has 10 heteroatoms. The smallest absolute Gasteiger partial charge is 0.261 e.